The summed E-state index contributed by atoms with van der Waals surface area (Å²) in [5, 5.41) is 44.4. The minimum absolute atomic E-state index is 0.00629. The molecule has 2 saturated heterocycles. The SMILES string of the molecule is CC[C@H]1C[C@H](C)[C@@]2(C=C[C@@H](C)[C@@H](C[C@H](O)[C@@H](C)CC/C=C\C=C(/C)[C@@H]3C/C=C/C=C/[C@H](O)[C@H](C)[C@@H](O)[C@@H](CCC(C)=O)C(=O)N[C@@H](C(C)C)C(=O)N[C@@H](Cc4ccccc4)C(=O)N4CCCC(N4)C(=O)O3)O2)NC1=O. The lowest BCUT2D eigenvalue weighted by molar-refractivity contribution is -0.174. The number of nitrogens with one attached hydrogen (secondary N) is 4. The van der Waals surface area contributed by atoms with E-state index in [1.807, 2.05) is 75.4 Å². The maximum absolute atomic E-state index is 14.5. The lowest BCUT2D eigenvalue weighted by Gasteiger charge is -2.48. The number of ketones is 1. The maximum atomic E-state index is 14.5. The molecule has 0 aromatic heterocycles. The predicted molar refractivity (Wildman–Crippen MR) is 288 cm³/mol. The Balaban J connectivity index is 1.33. The molecule has 16 nitrogen and oxygen atoms in total. The van der Waals surface area contributed by atoms with Gasteiger partial charge in [0.15, 0.2) is 5.72 Å². The molecule has 2 fully saturated rings. The van der Waals surface area contributed by atoms with E-state index >= 15 is 0 Å². The van der Waals surface area contributed by atoms with Crippen LogP contribution in [0, 0.1) is 41.4 Å². The van der Waals surface area contributed by atoms with Gasteiger partial charge in [-0.25, -0.2) is 5.43 Å². The van der Waals surface area contributed by atoms with E-state index in [0.717, 1.165) is 24.0 Å². The zero-order valence-electron chi connectivity index (χ0n) is 45.8. The molecule has 1 aromatic rings. The molecular formula is C59H87N5O11. The Hall–Kier alpha value is -5.26. The molecular weight excluding hydrogens is 955 g/mol. The number of allylic oxidation sites excluding steroid dienone is 5. The summed E-state index contributed by atoms with van der Waals surface area (Å²) in [5.74, 6) is -4.90. The van der Waals surface area contributed by atoms with Crippen LogP contribution in [0.5, 0.6) is 0 Å². The molecule has 1 unspecified atom stereocenters. The summed E-state index contributed by atoms with van der Waals surface area (Å²) in [6.45, 7) is 16.8. The summed E-state index contributed by atoms with van der Waals surface area (Å²) >= 11 is 0. The zero-order valence-corrected chi connectivity index (χ0v) is 45.8. The number of ether oxygens (including phenoxy) is 2. The van der Waals surface area contributed by atoms with Crippen LogP contribution in [0.4, 0.5) is 0 Å². The van der Waals surface area contributed by atoms with Crippen LogP contribution < -0.4 is 21.4 Å². The summed E-state index contributed by atoms with van der Waals surface area (Å²) in [6.07, 6.45) is 16.8. The second-order valence-corrected chi connectivity index (χ2v) is 22.1. The Morgan fingerprint density at radius 3 is 2.39 bits per heavy atom. The molecule has 15 atom stereocenters. The van der Waals surface area contributed by atoms with Crippen molar-refractivity contribution in [2.24, 2.45) is 41.4 Å². The summed E-state index contributed by atoms with van der Waals surface area (Å²) in [4.78, 5) is 81.8. The van der Waals surface area contributed by atoms with Crippen LogP contribution in [0.1, 0.15) is 132 Å². The highest BCUT2D eigenvalue weighted by Gasteiger charge is 2.48. The van der Waals surface area contributed by atoms with Crippen LogP contribution >= 0.6 is 0 Å². The zero-order chi connectivity index (χ0) is 55.0. The first-order chi connectivity index (χ1) is 35.6. The molecule has 2 bridgehead atoms. The van der Waals surface area contributed by atoms with Gasteiger partial charge in [0.05, 0.1) is 30.3 Å². The Kier molecular flexibility index (Phi) is 23.2. The van der Waals surface area contributed by atoms with Crippen molar-refractivity contribution in [1.82, 2.24) is 26.4 Å². The quantitative estimate of drug-likeness (QED) is 0.0586. The second-order valence-electron chi connectivity index (χ2n) is 22.1. The van der Waals surface area contributed by atoms with Crippen LogP contribution in [0.15, 0.2) is 90.6 Å². The summed E-state index contributed by atoms with van der Waals surface area (Å²) < 4.78 is 12.8. The number of carbonyl (C=O) groups excluding carboxylic acids is 6. The van der Waals surface area contributed by atoms with Gasteiger partial charge in [0.2, 0.25) is 17.7 Å². The van der Waals surface area contributed by atoms with E-state index in [2.05, 4.69) is 41.3 Å². The number of rotatable bonds is 15. The minimum Gasteiger partial charge on any atom is -0.456 e. The third-order valence-corrected chi connectivity index (χ3v) is 15.7. The number of piperidine rings is 1. The number of cyclic esters (lactones) is 1. The van der Waals surface area contributed by atoms with Crippen molar-refractivity contribution in [3.8, 4) is 0 Å². The number of carbonyl (C=O) groups is 6. The monoisotopic (exact) mass is 1040 g/mol. The molecule has 7 N–H and O–H groups in total. The van der Waals surface area contributed by atoms with Gasteiger partial charge in [0, 0.05) is 55.9 Å². The fraction of sp³-hybridized carbons (Fsp3) is 0.627. The molecule has 16 heteroatoms. The first kappa shape index (κ1) is 60.6. The molecule has 4 aliphatic heterocycles. The van der Waals surface area contributed by atoms with Crippen LogP contribution in [-0.2, 0) is 44.7 Å². The number of hydrazine groups is 1. The summed E-state index contributed by atoms with van der Waals surface area (Å²) in [7, 11) is 0. The molecule has 75 heavy (non-hydrogen) atoms. The van der Waals surface area contributed by atoms with Gasteiger partial charge in [0.25, 0.3) is 5.91 Å². The fourth-order valence-corrected chi connectivity index (χ4v) is 10.3. The molecule has 414 valence electrons. The Labute approximate surface area is 445 Å². The predicted octanol–water partition coefficient (Wildman–Crippen LogP) is 6.26. The van der Waals surface area contributed by atoms with Gasteiger partial charge >= 0.3 is 5.97 Å². The molecule has 4 aliphatic rings. The molecule has 4 amide bonds. The first-order valence-electron chi connectivity index (χ1n) is 27.5. The number of aliphatic hydroxyl groups excluding tert-OH is 3. The number of nitrogens with zero attached hydrogens (tertiary/aromatic N) is 1. The topological polar surface area (TPSA) is 233 Å². The molecule has 0 saturated carbocycles. The number of hydrogen-bond donors (Lipinski definition) is 7. The van der Waals surface area contributed by atoms with E-state index in [9.17, 15) is 44.1 Å². The Morgan fingerprint density at radius 1 is 0.960 bits per heavy atom. The van der Waals surface area contributed by atoms with Crippen LogP contribution in [0.2, 0.25) is 0 Å². The van der Waals surface area contributed by atoms with Crippen LogP contribution in [0.25, 0.3) is 0 Å². The van der Waals surface area contributed by atoms with Crippen molar-refractivity contribution in [2.45, 2.75) is 187 Å². The van der Waals surface area contributed by atoms with E-state index in [0.29, 0.717) is 32.1 Å². The third kappa shape index (κ3) is 17.1. The minimum atomic E-state index is -1.40. The van der Waals surface area contributed by atoms with Crippen molar-refractivity contribution >= 4 is 35.4 Å². The standard InChI is InChI=1S/C59H87N5O11/c1-10-44-33-40(7)59(62-54(44)69)31-30-39(6)51(75-59)35-49(67)37(4)21-14-11-15-22-38(5)50-27-19-13-18-26-48(66)42(9)53(68)45(29-28-41(8)65)55(70)61-52(36(2)3)56(71)60-47(34-43-23-16-12-17-24-43)57(72)64-32-20-25-46(63-64)58(73)74-50/h11-13,15-19,22-24,26,30-31,36-37,39-40,42,44-53,63,66-68H,10,14,20-21,25,27-29,32-35H2,1-9H3,(H,60,71)(H,61,70)(H,62,69)/b15-11-,19-13+,26-18+,38-22+/t37-,39+,40-,42-,44-,45+,46?,47-,48-,49-,50-,51+,52-,53+,59-/m0/s1. The van der Waals surface area contributed by atoms with Crippen molar-refractivity contribution in [2.75, 3.05) is 6.54 Å². The van der Waals surface area contributed by atoms with Gasteiger partial charge in [-0.2, -0.15) is 0 Å². The van der Waals surface area contributed by atoms with E-state index in [4.69, 9.17) is 9.47 Å². The fourth-order valence-electron chi connectivity index (χ4n) is 10.3. The van der Waals surface area contributed by atoms with Gasteiger partial charge in [-0.15, -0.1) is 0 Å². The van der Waals surface area contributed by atoms with E-state index < -0.39 is 89.7 Å². The number of fused-ring (bicyclic) bond motifs is 2. The highest BCUT2D eigenvalue weighted by Crippen LogP contribution is 2.39. The summed E-state index contributed by atoms with van der Waals surface area (Å²) in [6, 6.07) is 6.06. The normalized spacial score (nSPS) is 33.6. The average molecular weight is 1040 g/mol. The first-order valence-corrected chi connectivity index (χ1v) is 27.5. The number of esters is 1. The molecule has 5 rings (SSSR count). The smallest absolute Gasteiger partial charge is 0.325 e. The maximum Gasteiger partial charge on any atom is 0.325 e. The van der Waals surface area contributed by atoms with Crippen molar-refractivity contribution in [3.63, 3.8) is 0 Å². The van der Waals surface area contributed by atoms with Gasteiger partial charge in [-0.3, -0.25) is 29.0 Å². The lowest BCUT2D eigenvalue weighted by Crippen LogP contribution is -2.62. The number of aliphatic hydroxyl groups is 3. The van der Waals surface area contributed by atoms with Crippen LogP contribution in [0.3, 0.4) is 0 Å². The summed E-state index contributed by atoms with van der Waals surface area (Å²) in [5.41, 5.74) is 3.74. The molecule has 1 spiro atoms. The molecule has 0 aliphatic carbocycles. The van der Waals surface area contributed by atoms with E-state index in [1.54, 1.807) is 39.0 Å². The van der Waals surface area contributed by atoms with Gasteiger partial charge in [-0.05, 0) is 87.8 Å². The second kappa shape index (κ2) is 28.8. The van der Waals surface area contributed by atoms with Gasteiger partial charge < -0.3 is 45.5 Å². The Morgan fingerprint density at radius 2 is 1.69 bits per heavy atom. The number of amides is 4. The number of Topliss-reactive ketones (excluding diaryl/α,β-unsaturated/α-hetero) is 1. The highest BCUT2D eigenvalue weighted by atomic mass is 16.5. The molecule has 4 heterocycles. The molecule has 0 radical (unpaired) electrons. The lowest BCUT2D eigenvalue weighted by atomic mass is 9.78. The molecule has 1 aromatic carbocycles. The van der Waals surface area contributed by atoms with Crippen molar-refractivity contribution in [1.29, 1.82) is 0 Å². The largest absolute Gasteiger partial charge is 0.456 e. The highest BCUT2D eigenvalue weighted by molar-refractivity contribution is 5.93. The van der Waals surface area contributed by atoms with E-state index in [1.165, 1.54) is 18.0 Å². The third-order valence-electron chi connectivity index (χ3n) is 15.7. The van der Waals surface area contributed by atoms with Crippen molar-refractivity contribution in [3.05, 3.63) is 96.2 Å². The van der Waals surface area contributed by atoms with Crippen molar-refractivity contribution < 1.29 is 53.6 Å². The van der Waals surface area contributed by atoms with Crippen LogP contribution in [-0.4, -0.2) is 117 Å². The number of hydrogen-bond acceptors (Lipinski definition) is 12. The number of benzene rings is 1. The van der Waals surface area contributed by atoms with Gasteiger partial charge in [0.1, 0.15) is 30.0 Å². The van der Waals surface area contributed by atoms with Gasteiger partial charge in [-0.1, -0.05) is 127 Å². The Bertz CT molecular complexity index is 2250. The van der Waals surface area contributed by atoms with E-state index in [-0.39, 0.29) is 73.7 Å². The average Bonchev–Trinajstić information content (AvgIpc) is 3.38.